The fraction of sp³-hybridized carbons (Fsp3) is 0.300. The second kappa shape index (κ2) is 7.19. The zero-order chi connectivity index (χ0) is 18.8. The van der Waals surface area contributed by atoms with Crippen LogP contribution in [0.25, 0.3) is 22.3 Å². The van der Waals surface area contributed by atoms with E-state index in [0.29, 0.717) is 31.7 Å². The highest BCUT2D eigenvalue weighted by Crippen LogP contribution is 2.25. The molecule has 7 nitrogen and oxygen atoms in total. The summed E-state index contributed by atoms with van der Waals surface area (Å²) in [6.07, 6.45) is 4.14. The van der Waals surface area contributed by atoms with E-state index in [1.807, 2.05) is 41.4 Å². The first-order valence-corrected chi connectivity index (χ1v) is 9.07. The fourth-order valence-corrected chi connectivity index (χ4v) is 3.52. The third-order valence-electron chi connectivity index (χ3n) is 4.97. The van der Waals surface area contributed by atoms with Gasteiger partial charge in [-0.05, 0) is 24.6 Å². The van der Waals surface area contributed by atoms with Crippen LogP contribution < -0.4 is 0 Å². The third kappa shape index (κ3) is 3.40. The molecule has 0 aliphatic carbocycles. The normalized spacial score (nSPS) is 15.0. The molecule has 4 rings (SSSR count). The molecule has 27 heavy (non-hydrogen) atoms. The van der Waals surface area contributed by atoms with Gasteiger partial charge < -0.3 is 14.8 Å². The maximum absolute atomic E-state index is 13.0. The van der Waals surface area contributed by atoms with Gasteiger partial charge in [0.1, 0.15) is 12.0 Å². The molecule has 0 unspecified atom stereocenters. The smallest absolute Gasteiger partial charge is 0.253 e. The molecule has 0 saturated carbocycles. The number of hydrogen-bond donors (Lipinski definition) is 1. The van der Waals surface area contributed by atoms with Gasteiger partial charge in [-0.15, -0.1) is 0 Å². The molecule has 0 spiro atoms. The summed E-state index contributed by atoms with van der Waals surface area (Å²) in [5.74, 6) is 0.0483. The number of H-pyrrole nitrogens is 1. The van der Waals surface area contributed by atoms with E-state index in [4.69, 9.17) is 0 Å². The van der Waals surface area contributed by atoms with Gasteiger partial charge in [0.05, 0.1) is 5.69 Å². The van der Waals surface area contributed by atoms with E-state index in [-0.39, 0.29) is 11.8 Å². The summed E-state index contributed by atoms with van der Waals surface area (Å²) in [4.78, 5) is 39.9. The van der Waals surface area contributed by atoms with E-state index in [1.54, 1.807) is 11.8 Å². The van der Waals surface area contributed by atoms with Crippen LogP contribution in [0.2, 0.25) is 0 Å². The van der Waals surface area contributed by atoms with Gasteiger partial charge in [-0.1, -0.05) is 12.1 Å². The predicted molar refractivity (Wildman–Crippen MR) is 102 cm³/mol. The molecule has 138 valence electrons. The number of rotatable bonds is 2. The molecule has 2 amide bonds. The second-order valence-corrected chi connectivity index (χ2v) is 6.69. The Labute approximate surface area is 157 Å². The molecule has 1 saturated heterocycles. The van der Waals surface area contributed by atoms with Crippen molar-refractivity contribution in [3.63, 3.8) is 0 Å². The van der Waals surface area contributed by atoms with E-state index < -0.39 is 0 Å². The number of carbonyl (C=O) groups is 2. The minimum atomic E-state index is -0.0124. The molecule has 0 atom stereocenters. The maximum atomic E-state index is 13.0. The van der Waals surface area contributed by atoms with Crippen molar-refractivity contribution in [3.05, 3.63) is 48.4 Å². The van der Waals surface area contributed by atoms with E-state index in [9.17, 15) is 9.59 Å². The Balaban J connectivity index is 1.60. The molecular formula is C20H21N5O2. The zero-order valence-electron chi connectivity index (χ0n) is 15.2. The van der Waals surface area contributed by atoms with Gasteiger partial charge in [-0.3, -0.25) is 9.59 Å². The number of carbonyl (C=O) groups excluding carboxylic acids is 2. The highest BCUT2D eigenvalue weighted by Gasteiger charge is 2.21. The molecule has 1 aliphatic heterocycles. The Kier molecular flexibility index (Phi) is 4.58. The quantitative estimate of drug-likeness (QED) is 0.757. The molecule has 0 radical (unpaired) electrons. The molecule has 2 aromatic heterocycles. The summed E-state index contributed by atoms with van der Waals surface area (Å²) in [6, 6.07) is 9.47. The topological polar surface area (TPSA) is 82.2 Å². The summed E-state index contributed by atoms with van der Waals surface area (Å²) in [5.41, 5.74) is 3.09. The van der Waals surface area contributed by atoms with Crippen molar-refractivity contribution in [2.45, 2.75) is 13.3 Å². The summed E-state index contributed by atoms with van der Waals surface area (Å²) in [6.45, 7) is 4.06. The first kappa shape index (κ1) is 17.2. The summed E-state index contributed by atoms with van der Waals surface area (Å²) < 4.78 is 0. The van der Waals surface area contributed by atoms with Gasteiger partial charge in [0.2, 0.25) is 5.91 Å². The molecule has 1 N–H and O–H groups in total. The highest BCUT2D eigenvalue weighted by atomic mass is 16.2. The van der Waals surface area contributed by atoms with Crippen LogP contribution in [0, 0.1) is 0 Å². The molecule has 0 bridgehead atoms. The molecule has 3 aromatic rings. The van der Waals surface area contributed by atoms with E-state index in [1.165, 1.54) is 6.33 Å². The Morgan fingerprint density at radius 2 is 1.85 bits per heavy atom. The largest absolute Gasteiger partial charge is 0.346 e. The Morgan fingerprint density at radius 3 is 2.70 bits per heavy atom. The van der Waals surface area contributed by atoms with Gasteiger partial charge in [-0.2, -0.15) is 0 Å². The molecule has 7 heteroatoms. The Morgan fingerprint density at radius 1 is 1.04 bits per heavy atom. The number of hydrogen-bond acceptors (Lipinski definition) is 4. The van der Waals surface area contributed by atoms with Crippen LogP contribution in [0.3, 0.4) is 0 Å². The Bertz CT molecular complexity index is 997. The first-order valence-electron chi connectivity index (χ1n) is 9.07. The SMILES string of the molecule is CC(=O)N1CCCN(C(=O)c2cccc(-c3ncnc4[nH]ccc34)c2)CC1. The lowest BCUT2D eigenvalue weighted by Gasteiger charge is -2.21. The monoisotopic (exact) mass is 363 g/mol. The summed E-state index contributed by atoms with van der Waals surface area (Å²) in [7, 11) is 0. The van der Waals surface area contributed by atoms with Crippen LogP contribution in [0.4, 0.5) is 0 Å². The van der Waals surface area contributed by atoms with Crippen LogP contribution in [-0.2, 0) is 4.79 Å². The van der Waals surface area contributed by atoms with Crippen molar-refractivity contribution in [2.75, 3.05) is 26.2 Å². The number of aromatic amines is 1. The van der Waals surface area contributed by atoms with Crippen LogP contribution in [-0.4, -0.2) is 62.7 Å². The minimum Gasteiger partial charge on any atom is -0.346 e. The van der Waals surface area contributed by atoms with Gasteiger partial charge >= 0.3 is 0 Å². The van der Waals surface area contributed by atoms with Crippen molar-refractivity contribution < 1.29 is 9.59 Å². The van der Waals surface area contributed by atoms with Gasteiger partial charge in [0, 0.05) is 55.8 Å². The Hall–Kier alpha value is -3.22. The lowest BCUT2D eigenvalue weighted by atomic mass is 10.0. The predicted octanol–water partition coefficient (Wildman–Crippen LogP) is 2.32. The van der Waals surface area contributed by atoms with Crippen molar-refractivity contribution in [1.29, 1.82) is 0 Å². The highest BCUT2D eigenvalue weighted by molar-refractivity contribution is 5.97. The van der Waals surface area contributed by atoms with Gasteiger partial charge in [0.15, 0.2) is 0 Å². The maximum Gasteiger partial charge on any atom is 0.253 e. The third-order valence-corrected chi connectivity index (χ3v) is 4.97. The molecule has 3 heterocycles. The van der Waals surface area contributed by atoms with Crippen molar-refractivity contribution in [1.82, 2.24) is 24.8 Å². The van der Waals surface area contributed by atoms with E-state index in [2.05, 4.69) is 15.0 Å². The first-order chi connectivity index (χ1) is 13.1. The summed E-state index contributed by atoms with van der Waals surface area (Å²) in [5, 5.41) is 0.925. The average Bonchev–Trinajstić information content (AvgIpc) is 3.03. The van der Waals surface area contributed by atoms with Crippen LogP contribution in [0.1, 0.15) is 23.7 Å². The molecule has 1 aromatic carbocycles. The minimum absolute atomic E-state index is 0.0124. The van der Waals surface area contributed by atoms with Crippen molar-refractivity contribution >= 4 is 22.8 Å². The number of aromatic nitrogens is 3. The molecule has 1 fully saturated rings. The zero-order valence-corrected chi connectivity index (χ0v) is 15.2. The standard InChI is InChI=1S/C20H21N5O2/c1-14(26)24-8-3-9-25(11-10-24)20(27)16-5-2-4-15(12-16)18-17-6-7-21-19(17)23-13-22-18/h2,4-7,12-13H,3,8-11H2,1H3,(H,21,22,23). The lowest BCUT2D eigenvalue weighted by molar-refractivity contribution is -0.128. The summed E-state index contributed by atoms with van der Waals surface area (Å²) >= 11 is 0. The molecule has 1 aliphatic rings. The van der Waals surface area contributed by atoms with Crippen molar-refractivity contribution in [2.24, 2.45) is 0 Å². The van der Waals surface area contributed by atoms with Crippen LogP contribution in [0.5, 0.6) is 0 Å². The lowest BCUT2D eigenvalue weighted by Crippen LogP contribution is -2.36. The number of amides is 2. The number of fused-ring (bicyclic) bond motifs is 1. The van der Waals surface area contributed by atoms with E-state index in [0.717, 1.165) is 28.7 Å². The van der Waals surface area contributed by atoms with Gasteiger partial charge in [0.25, 0.3) is 5.91 Å². The van der Waals surface area contributed by atoms with Crippen LogP contribution >= 0.6 is 0 Å². The van der Waals surface area contributed by atoms with Crippen LogP contribution in [0.15, 0.2) is 42.9 Å². The average molecular weight is 363 g/mol. The fourth-order valence-electron chi connectivity index (χ4n) is 3.52. The number of nitrogens with one attached hydrogen (secondary N) is 1. The van der Waals surface area contributed by atoms with E-state index >= 15 is 0 Å². The number of benzene rings is 1. The second-order valence-electron chi connectivity index (χ2n) is 6.69. The molecular weight excluding hydrogens is 342 g/mol. The van der Waals surface area contributed by atoms with Gasteiger partial charge in [-0.25, -0.2) is 9.97 Å². The number of nitrogens with zero attached hydrogens (tertiary/aromatic N) is 4. The van der Waals surface area contributed by atoms with Crippen molar-refractivity contribution in [3.8, 4) is 11.3 Å².